The molecule has 4 nitrogen and oxygen atoms in total. The van der Waals surface area contributed by atoms with Crippen molar-refractivity contribution in [3.8, 4) is 11.4 Å². The molecule has 1 aromatic heterocycles. The summed E-state index contributed by atoms with van der Waals surface area (Å²) in [4.78, 5) is 4.45. The Morgan fingerprint density at radius 2 is 1.89 bits per heavy atom. The number of nitrogens with two attached hydrogens (primary N) is 1. The summed E-state index contributed by atoms with van der Waals surface area (Å²) in [5.74, 6) is 1.33. The molecule has 0 aliphatic carbocycles. The Hall–Kier alpha value is -1.68. The molecule has 102 valence electrons. The van der Waals surface area contributed by atoms with Crippen molar-refractivity contribution in [1.82, 2.24) is 10.1 Å². The van der Waals surface area contributed by atoms with E-state index in [1.807, 2.05) is 19.1 Å². The predicted octanol–water partition coefficient (Wildman–Crippen LogP) is 3.14. The van der Waals surface area contributed by atoms with Gasteiger partial charge in [-0.15, -0.1) is 0 Å². The van der Waals surface area contributed by atoms with Gasteiger partial charge >= 0.3 is 0 Å². The standard InChI is InChI=1S/C15H21N3O/c1-4-11-6-8-12(9-7-11)14-17-15(19-18-14)10(3)13(16)5-2/h6-10,13H,4-5,16H2,1-3H3. The molecular weight excluding hydrogens is 238 g/mol. The Labute approximate surface area is 114 Å². The highest BCUT2D eigenvalue weighted by Gasteiger charge is 2.20. The third-order valence-electron chi connectivity index (χ3n) is 3.57. The molecule has 1 heterocycles. The Morgan fingerprint density at radius 1 is 1.21 bits per heavy atom. The maximum Gasteiger partial charge on any atom is 0.231 e. The summed E-state index contributed by atoms with van der Waals surface area (Å²) in [6, 6.07) is 8.28. The average molecular weight is 259 g/mol. The molecule has 4 heteroatoms. The lowest BCUT2D eigenvalue weighted by atomic mass is 10.0. The molecule has 2 atom stereocenters. The number of aryl methyl sites for hydroxylation is 1. The second-order valence-corrected chi connectivity index (χ2v) is 4.87. The molecule has 0 aliphatic rings. The van der Waals surface area contributed by atoms with Gasteiger partial charge in [0.15, 0.2) is 0 Å². The fourth-order valence-electron chi connectivity index (χ4n) is 1.96. The van der Waals surface area contributed by atoms with Gasteiger partial charge in [-0.25, -0.2) is 0 Å². The van der Waals surface area contributed by atoms with E-state index in [2.05, 4.69) is 36.1 Å². The van der Waals surface area contributed by atoms with Crippen LogP contribution in [-0.4, -0.2) is 16.2 Å². The van der Waals surface area contributed by atoms with E-state index in [1.54, 1.807) is 0 Å². The SMILES string of the molecule is CCc1ccc(-c2noc(C(C)C(N)CC)n2)cc1. The number of benzene rings is 1. The molecular formula is C15H21N3O. The molecule has 1 aromatic carbocycles. The minimum atomic E-state index is 0.0516. The summed E-state index contributed by atoms with van der Waals surface area (Å²) in [7, 11) is 0. The first-order valence-corrected chi connectivity index (χ1v) is 6.84. The zero-order chi connectivity index (χ0) is 13.8. The van der Waals surface area contributed by atoms with Crippen LogP contribution in [0.15, 0.2) is 28.8 Å². The van der Waals surface area contributed by atoms with E-state index in [-0.39, 0.29) is 12.0 Å². The lowest BCUT2D eigenvalue weighted by molar-refractivity contribution is 0.340. The first-order chi connectivity index (χ1) is 9.15. The van der Waals surface area contributed by atoms with Crippen molar-refractivity contribution in [2.45, 2.75) is 45.6 Å². The topological polar surface area (TPSA) is 64.9 Å². The fourth-order valence-corrected chi connectivity index (χ4v) is 1.96. The van der Waals surface area contributed by atoms with Crippen LogP contribution in [-0.2, 0) is 6.42 Å². The van der Waals surface area contributed by atoms with Crippen LogP contribution in [0.3, 0.4) is 0 Å². The van der Waals surface area contributed by atoms with Crippen molar-refractivity contribution in [3.05, 3.63) is 35.7 Å². The zero-order valence-electron chi connectivity index (χ0n) is 11.8. The molecule has 0 radical (unpaired) electrons. The minimum absolute atomic E-state index is 0.0516. The number of aromatic nitrogens is 2. The first kappa shape index (κ1) is 13.7. The van der Waals surface area contributed by atoms with Crippen LogP contribution in [0.2, 0.25) is 0 Å². The molecule has 2 aromatic rings. The molecule has 0 amide bonds. The summed E-state index contributed by atoms with van der Waals surface area (Å²) < 4.78 is 5.32. The first-order valence-electron chi connectivity index (χ1n) is 6.84. The summed E-state index contributed by atoms with van der Waals surface area (Å²) >= 11 is 0. The molecule has 19 heavy (non-hydrogen) atoms. The fraction of sp³-hybridized carbons (Fsp3) is 0.467. The van der Waals surface area contributed by atoms with E-state index in [4.69, 9.17) is 10.3 Å². The molecule has 0 spiro atoms. The van der Waals surface area contributed by atoms with Crippen molar-refractivity contribution in [1.29, 1.82) is 0 Å². The smallest absolute Gasteiger partial charge is 0.231 e. The van der Waals surface area contributed by atoms with Crippen LogP contribution >= 0.6 is 0 Å². The highest BCUT2D eigenvalue weighted by atomic mass is 16.5. The average Bonchev–Trinajstić information content (AvgIpc) is 2.95. The Balaban J connectivity index is 2.20. The normalized spacial score (nSPS) is 14.3. The van der Waals surface area contributed by atoms with Crippen molar-refractivity contribution < 1.29 is 4.52 Å². The van der Waals surface area contributed by atoms with Crippen molar-refractivity contribution in [2.75, 3.05) is 0 Å². The number of hydrogen-bond acceptors (Lipinski definition) is 4. The van der Waals surface area contributed by atoms with E-state index in [1.165, 1.54) is 5.56 Å². The van der Waals surface area contributed by atoms with Crippen LogP contribution < -0.4 is 5.73 Å². The highest BCUT2D eigenvalue weighted by molar-refractivity contribution is 5.54. The Bertz CT molecular complexity index is 518. The van der Waals surface area contributed by atoms with Gasteiger partial charge in [0, 0.05) is 11.6 Å². The second-order valence-electron chi connectivity index (χ2n) is 4.87. The van der Waals surface area contributed by atoms with Gasteiger partial charge in [-0.05, 0) is 18.4 Å². The minimum Gasteiger partial charge on any atom is -0.339 e. The van der Waals surface area contributed by atoms with E-state index in [0.717, 1.165) is 18.4 Å². The van der Waals surface area contributed by atoms with Gasteiger partial charge in [-0.3, -0.25) is 0 Å². The number of rotatable bonds is 5. The van der Waals surface area contributed by atoms with Gasteiger partial charge < -0.3 is 10.3 Å². The predicted molar refractivity (Wildman–Crippen MR) is 75.8 cm³/mol. The maximum absolute atomic E-state index is 6.01. The molecule has 0 saturated carbocycles. The van der Waals surface area contributed by atoms with Gasteiger partial charge in [0.05, 0.1) is 5.92 Å². The number of nitrogens with zero attached hydrogens (tertiary/aromatic N) is 2. The summed E-state index contributed by atoms with van der Waals surface area (Å²) in [5, 5.41) is 4.04. The van der Waals surface area contributed by atoms with Crippen molar-refractivity contribution in [2.24, 2.45) is 5.73 Å². The molecule has 0 bridgehead atoms. The monoisotopic (exact) mass is 259 g/mol. The lowest BCUT2D eigenvalue weighted by Crippen LogP contribution is -2.25. The van der Waals surface area contributed by atoms with Gasteiger partial charge in [-0.1, -0.05) is 50.2 Å². The van der Waals surface area contributed by atoms with Crippen LogP contribution in [0.4, 0.5) is 0 Å². The molecule has 2 N–H and O–H groups in total. The van der Waals surface area contributed by atoms with E-state index in [0.29, 0.717) is 11.7 Å². The zero-order valence-corrected chi connectivity index (χ0v) is 11.8. The van der Waals surface area contributed by atoms with Crippen LogP contribution in [0.5, 0.6) is 0 Å². The van der Waals surface area contributed by atoms with Crippen molar-refractivity contribution >= 4 is 0 Å². The van der Waals surface area contributed by atoms with E-state index >= 15 is 0 Å². The van der Waals surface area contributed by atoms with Gasteiger partial charge in [0.2, 0.25) is 11.7 Å². The summed E-state index contributed by atoms with van der Waals surface area (Å²) in [5.41, 5.74) is 8.28. The molecule has 0 fully saturated rings. The van der Waals surface area contributed by atoms with Crippen molar-refractivity contribution in [3.63, 3.8) is 0 Å². The highest BCUT2D eigenvalue weighted by Crippen LogP contribution is 2.22. The van der Waals surface area contributed by atoms with Crippen LogP contribution in [0.1, 0.15) is 44.6 Å². The van der Waals surface area contributed by atoms with Gasteiger partial charge in [0.25, 0.3) is 0 Å². The van der Waals surface area contributed by atoms with E-state index in [9.17, 15) is 0 Å². The summed E-state index contributed by atoms with van der Waals surface area (Å²) in [6.07, 6.45) is 1.92. The molecule has 2 rings (SSSR count). The van der Waals surface area contributed by atoms with Gasteiger partial charge in [-0.2, -0.15) is 4.98 Å². The summed E-state index contributed by atoms with van der Waals surface area (Å²) in [6.45, 7) is 6.21. The Kier molecular flexibility index (Phi) is 4.32. The molecule has 0 saturated heterocycles. The van der Waals surface area contributed by atoms with Crippen LogP contribution in [0, 0.1) is 0 Å². The number of hydrogen-bond donors (Lipinski definition) is 1. The second kappa shape index (κ2) is 5.97. The third-order valence-corrected chi connectivity index (χ3v) is 3.57. The third kappa shape index (κ3) is 3.01. The van der Waals surface area contributed by atoms with Crippen LogP contribution in [0.25, 0.3) is 11.4 Å². The lowest BCUT2D eigenvalue weighted by Gasteiger charge is -2.13. The maximum atomic E-state index is 6.01. The van der Waals surface area contributed by atoms with E-state index < -0.39 is 0 Å². The molecule has 2 unspecified atom stereocenters. The largest absolute Gasteiger partial charge is 0.339 e. The molecule has 0 aliphatic heterocycles. The van der Waals surface area contributed by atoms with Gasteiger partial charge in [0.1, 0.15) is 0 Å². The quantitative estimate of drug-likeness (QED) is 0.895. The Morgan fingerprint density at radius 3 is 2.47 bits per heavy atom.